The lowest BCUT2D eigenvalue weighted by atomic mass is 10.2. The maximum absolute atomic E-state index is 7.56. The van der Waals surface area contributed by atoms with E-state index >= 15 is 0 Å². The molecular weight excluding hydrogens is 482 g/mol. The average molecular weight is 517 g/mol. The molecule has 0 bridgehead atoms. The van der Waals surface area contributed by atoms with Gasteiger partial charge >= 0.3 is 13.4 Å². The summed E-state index contributed by atoms with van der Waals surface area (Å²) in [4.78, 5) is 53.9. The van der Waals surface area contributed by atoms with Crippen molar-refractivity contribution in [1.29, 1.82) is 0 Å². The second-order valence-corrected chi connectivity index (χ2v) is 10.5. The summed E-state index contributed by atoms with van der Waals surface area (Å²) in [7, 11) is 0. The Bertz CT molecular complexity index is 592. The van der Waals surface area contributed by atoms with Gasteiger partial charge in [-0.25, -0.2) is 4.98 Å². The number of nitrogens with zero attached hydrogens (tertiary/aromatic N) is 2. The fourth-order valence-corrected chi connectivity index (χ4v) is 1.18. The van der Waals surface area contributed by atoms with Gasteiger partial charge < -0.3 is 34.1 Å². The first-order valence-corrected chi connectivity index (χ1v) is 14.4. The number of hydrogen-bond acceptors (Lipinski definition) is 5. The molecule has 0 atom stereocenters. The van der Waals surface area contributed by atoms with Crippen LogP contribution in [0.2, 0.25) is 5.02 Å². The molecule has 0 aliphatic rings. The lowest BCUT2D eigenvalue weighted by Crippen LogP contribution is -2.04. The molecule has 0 aliphatic heterocycles. The molecule has 0 fully saturated rings. The Balaban J connectivity index is -0.000000173. The smallest absolute Gasteiger partial charge is 0.319 e. The predicted molar refractivity (Wildman–Crippen MR) is 126 cm³/mol. The zero-order valence-corrected chi connectivity index (χ0v) is 22.2. The van der Waals surface area contributed by atoms with E-state index in [0.717, 1.165) is 11.5 Å². The predicted octanol–water partition coefficient (Wildman–Crippen LogP) is 3.78. The number of rotatable bonds is 3. The Labute approximate surface area is 189 Å². The Morgan fingerprint density at radius 3 is 1.48 bits per heavy atom. The molecule has 9 nitrogen and oxygen atoms in total. The van der Waals surface area contributed by atoms with Crippen LogP contribution in [0.4, 0.5) is 0 Å². The summed E-state index contributed by atoms with van der Waals surface area (Å²) >= 11 is 13.2. The van der Waals surface area contributed by atoms with E-state index in [0.29, 0.717) is 17.5 Å². The van der Waals surface area contributed by atoms with Crippen LogP contribution in [0.15, 0.2) is 0 Å². The van der Waals surface area contributed by atoms with E-state index in [4.69, 9.17) is 45.7 Å². The minimum absolute atomic E-state index is 0.283. The minimum atomic E-state index is -3.81. The number of aromatic nitrogens is 2. The third kappa shape index (κ3) is 36.0. The molecule has 1 aromatic heterocycles. The van der Waals surface area contributed by atoms with Crippen molar-refractivity contribution in [3.05, 3.63) is 16.5 Å². The normalized spacial score (nSPS) is 10.1. The molecule has 0 aromatic carbocycles. The number of hydrogen-bond donors (Lipinski definition) is 6. The lowest BCUT2D eigenvalue weighted by molar-refractivity contribution is 0.324. The third-order valence-electron chi connectivity index (χ3n) is 1.80. The zero-order chi connectivity index (χ0) is 24.4. The highest BCUT2D eigenvalue weighted by atomic mass is 35.5. The highest BCUT2D eigenvalue weighted by Gasteiger charge is 2.12. The van der Waals surface area contributed by atoms with E-state index in [1.807, 2.05) is 41.5 Å². The van der Waals surface area contributed by atoms with Crippen molar-refractivity contribution in [2.45, 2.75) is 67.7 Å². The minimum Gasteiger partial charge on any atom is -0.477 e. The summed E-state index contributed by atoms with van der Waals surface area (Å²) in [6.07, 6.45) is 1.25. The zero-order valence-electron chi connectivity index (χ0n) is 18.1. The first-order chi connectivity index (χ1) is 13.0. The molecule has 1 heterocycles. The average Bonchev–Trinajstić information content (AvgIpc) is 2.51. The monoisotopic (exact) mass is 516 g/mol. The largest absolute Gasteiger partial charge is 0.477 e. The fraction of sp³-hybridized carbons (Fsp3) is 0.733. The van der Waals surface area contributed by atoms with Crippen LogP contribution in [0.25, 0.3) is 0 Å². The number of ether oxygens (including phenoxy) is 1. The maximum atomic E-state index is 7.56. The molecule has 0 saturated heterocycles. The highest BCUT2D eigenvalue weighted by Crippen LogP contribution is 2.27. The quantitative estimate of drug-likeness (QED) is 0.325. The van der Waals surface area contributed by atoms with E-state index < -0.39 is 13.4 Å². The van der Waals surface area contributed by atoms with Crippen LogP contribution in [0.3, 0.4) is 0 Å². The van der Waals surface area contributed by atoms with Gasteiger partial charge in [-0.1, -0.05) is 59.6 Å². The van der Waals surface area contributed by atoms with Gasteiger partial charge in [0.2, 0.25) is 5.88 Å². The van der Waals surface area contributed by atoms with Gasteiger partial charge in [-0.15, -0.1) is 0 Å². The van der Waals surface area contributed by atoms with Crippen molar-refractivity contribution in [3.8, 4) is 5.88 Å². The van der Waals surface area contributed by atoms with Crippen molar-refractivity contribution >= 4 is 48.7 Å². The van der Waals surface area contributed by atoms with Crippen LogP contribution in [-0.2, 0) is 23.6 Å². The summed E-state index contributed by atoms with van der Waals surface area (Å²) in [6, 6.07) is 0. The first-order valence-electron chi connectivity index (χ1n) is 8.71. The molecule has 0 spiro atoms. The van der Waals surface area contributed by atoms with Gasteiger partial charge in [0.25, 0.3) is 0 Å². The van der Waals surface area contributed by atoms with Gasteiger partial charge in [-0.2, -0.15) is 4.98 Å². The molecule has 0 unspecified atom stereocenters. The van der Waals surface area contributed by atoms with E-state index in [2.05, 4.69) is 47.4 Å². The SMILES string of the molecule is CC.CCC.CCOc1nc(C(C)C)nc(C)c1Cl.OP(O)(O)=S.OP(O)(O)=S. The van der Waals surface area contributed by atoms with Crippen LogP contribution in [0.5, 0.6) is 5.88 Å². The first kappa shape index (κ1) is 36.6. The summed E-state index contributed by atoms with van der Waals surface area (Å²) in [5, 5.41) is 0.510. The van der Waals surface area contributed by atoms with Gasteiger partial charge in [0, 0.05) is 5.92 Å². The second kappa shape index (κ2) is 20.2. The van der Waals surface area contributed by atoms with E-state index in [1.54, 1.807) is 0 Å². The Hall–Kier alpha value is 0.230. The van der Waals surface area contributed by atoms with Gasteiger partial charge in [0.05, 0.1) is 12.3 Å². The van der Waals surface area contributed by atoms with Gasteiger partial charge in [-0.05, 0) is 37.5 Å². The molecule has 6 N–H and O–H groups in total. The lowest BCUT2D eigenvalue weighted by Gasteiger charge is -2.10. The summed E-state index contributed by atoms with van der Waals surface area (Å²) in [5.41, 5.74) is 0.772. The van der Waals surface area contributed by atoms with Crippen LogP contribution < -0.4 is 4.74 Å². The molecule has 1 rings (SSSR count). The molecule has 0 radical (unpaired) electrons. The molecule has 0 amide bonds. The molecule has 0 saturated carbocycles. The Morgan fingerprint density at radius 2 is 1.24 bits per heavy atom. The van der Waals surface area contributed by atoms with Gasteiger partial charge in [0.1, 0.15) is 10.8 Å². The molecule has 29 heavy (non-hydrogen) atoms. The maximum Gasteiger partial charge on any atom is 0.319 e. The van der Waals surface area contributed by atoms with Crippen LogP contribution in [-0.4, -0.2) is 45.9 Å². The van der Waals surface area contributed by atoms with Crippen molar-refractivity contribution in [3.63, 3.8) is 0 Å². The third-order valence-corrected chi connectivity index (χ3v) is 2.24. The highest BCUT2D eigenvalue weighted by molar-refractivity contribution is 8.06. The molecule has 1 aromatic rings. The van der Waals surface area contributed by atoms with E-state index in [1.165, 1.54) is 6.42 Å². The molecular formula is C15H35ClN2O7P2S2. The summed E-state index contributed by atoms with van der Waals surface area (Å²) in [5.74, 6) is 1.55. The molecule has 0 aliphatic carbocycles. The van der Waals surface area contributed by atoms with Crippen LogP contribution in [0.1, 0.15) is 72.3 Å². The Kier molecular flexibility index (Phi) is 25.4. The van der Waals surface area contributed by atoms with Crippen molar-refractivity contribution in [2.24, 2.45) is 0 Å². The van der Waals surface area contributed by atoms with E-state index in [9.17, 15) is 0 Å². The Morgan fingerprint density at radius 1 is 0.931 bits per heavy atom. The molecule has 176 valence electrons. The summed E-state index contributed by atoms with van der Waals surface area (Å²) in [6.45, 7) is 9.05. The van der Waals surface area contributed by atoms with Crippen molar-refractivity contribution < 1.29 is 34.1 Å². The van der Waals surface area contributed by atoms with Crippen LogP contribution >= 0.6 is 25.0 Å². The van der Waals surface area contributed by atoms with Crippen LogP contribution in [0, 0.1) is 6.92 Å². The van der Waals surface area contributed by atoms with Crippen molar-refractivity contribution in [1.82, 2.24) is 9.97 Å². The molecule has 14 heteroatoms. The van der Waals surface area contributed by atoms with Crippen molar-refractivity contribution in [2.75, 3.05) is 6.61 Å². The number of aryl methyl sites for hydroxylation is 1. The number of halogens is 1. The fourth-order valence-electron chi connectivity index (χ4n) is 1.04. The van der Waals surface area contributed by atoms with Gasteiger partial charge in [0.15, 0.2) is 0 Å². The topological polar surface area (TPSA) is 156 Å². The summed E-state index contributed by atoms with van der Waals surface area (Å²) < 4.78 is 5.33. The second-order valence-electron chi connectivity index (χ2n) is 5.11. The van der Waals surface area contributed by atoms with E-state index in [-0.39, 0.29) is 5.92 Å². The van der Waals surface area contributed by atoms with Gasteiger partial charge in [-0.3, -0.25) is 0 Å². The standard InChI is InChI=1S/C10H15ClN2O.C3H8.C2H6.2H3O3PS/c1-5-14-10-8(11)7(4)12-9(13-10)6(2)3;1-3-2;1-2;2*1-4(2,3)5/h6H,5H2,1-4H3;3H2,1-2H3;1-2H3;2*(H3,1,2,3,5).